The van der Waals surface area contributed by atoms with Gasteiger partial charge in [0.05, 0.1) is 12.1 Å². The molecule has 0 unspecified atom stereocenters. The molecule has 6 heteroatoms. The van der Waals surface area contributed by atoms with Gasteiger partial charge in [-0.2, -0.15) is 5.10 Å². The van der Waals surface area contributed by atoms with E-state index < -0.39 is 0 Å². The fraction of sp³-hybridized carbons (Fsp3) is 0.316. The minimum atomic E-state index is -0.215. The van der Waals surface area contributed by atoms with Crippen LogP contribution in [0.1, 0.15) is 22.5 Å². The first-order valence-electron chi connectivity index (χ1n) is 8.32. The number of hydrogen-bond acceptors (Lipinski definition) is 3. The first kappa shape index (κ1) is 17.0. The molecular weight excluding hydrogens is 316 g/mol. The normalized spacial score (nSPS) is 11.0. The van der Waals surface area contributed by atoms with Crippen LogP contribution in [-0.2, 0) is 24.7 Å². The van der Waals surface area contributed by atoms with E-state index in [2.05, 4.69) is 15.4 Å². The zero-order valence-electron chi connectivity index (χ0n) is 14.7. The van der Waals surface area contributed by atoms with Crippen LogP contribution in [0.5, 0.6) is 0 Å². The Hall–Kier alpha value is -2.89. The predicted octanol–water partition coefficient (Wildman–Crippen LogP) is 1.78. The molecule has 0 atom stereocenters. The molecule has 0 fully saturated rings. The maximum absolute atomic E-state index is 12.2. The van der Waals surface area contributed by atoms with Gasteiger partial charge in [0.1, 0.15) is 0 Å². The molecule has 0 radical (unpaired) electrons. The topological polar surface area (TPSA) is 79.8 Å². The Bertz CT molecular complexity index is 985. The summed E-state index contributed by atoms with van der Waals surface area (Å²) in [6.45, 7) is 4.52. The van der Waals surface area contributed by atoms with E-state index in [4.69, 9.17) is 0 Å². The zero-order chi connectivity index (χ0) is 18.0. The first-order valence-corrected chi connectivity index (χ1v) is 8.32. The number of benzene rings is 1. The Kier molecular flexibility index (Phi) is 4.70. The number of rotatable bonds is 5. The van der Waals surface area contributed by atoms with Gasteiger partial charge in [-0.15, -0.1) is 0 Å². The molecule has 3 aromatic rings. The van der Waals surface area contributed by atoms with E-state index in [1.54, 1.807) is 6.07 Å². The fourth-order valence-corrected chi connectivity index (χ4v) is 3.07. The molecule has 0 saturated heterocycles. The van der Waals surface area contributed by atoms with Gasteiger partial charge in [0.2, 0.25) is 5.91 Å². The van der Waals surface area contributed by atoms with Crippen LogP contribution >= 0.6 is 0 Å². The van der Waals surface area contributed by atoms with Crippen molar-refractivity contribution in [2.24, 2.45) is 7.05 Å². The number of carbonyl (C=O) groups is 1. The summed E-state index contributed by atoms with van der Waals surface area (Å²) >= 11 is 0. The second kappa shape index (κ2) is 6.93. The predicted molar refractivity (Wildman–Crippen MR) is 97.7 cm³/mol. The second-order valence-electron chi connectivity index (χ2n) is 6.26. The molecule has 0 spiro atoms. The summed E-state index contributed by atoms with van der Waals surface area (Å²) in [4.78, 5) is 27.1. The molecule has 1 amide bonds. The SMILES string of the molecule is Cc1nn(C)c(C)c1CCNC(=O)Cc1cc2ccccc2[nH]c1=O. The number of carbonyl (C=O) groups excluding carboxylic acids is 1. The second-order valence-corrected chi connectivity index (χ2v) is 6.26. The fourth-order valence-electron chi connectivity index (χ4n) is 3.07. The number of hydrogen-bond donors (Lipinski definition) is 2. The van der Waals surface area contributed by atoms with Crippen molar-refractivity contribution in [2.75, 3.05) is 6.54 Å². The average molecular weight is 338 g/mol. The number of amides is 1. The standard InChI is InChI=1S/C19H22N4O2/c1-12-16(13(2)23(3)22-12)8-9-20-18(24)11-15-10-14-6-4-5-7-17(14)21-19(15)25/h4-7,10H,8-9,11H2,1-3H3,(H,20,24)(H,21,25). The van der Waals surface area contributed by atoms with E-state index in [0.717, 1.165) is 34.3 Å². The lowest BCUT2D eigenvalue weighted by Gasteiger charge is -2.07. The summed E-state index contributed by atoms with van der Waals surface area (Å²) in [6, 6.07) is 9.32. The van der Waals surface area contributed by atoms with Crippen LogP contribution in [0.25, 0.3) is 10.9 Å². The summed E-state index contributed by atoms with van der Waals surface area (Å²) in [7, 11) is 1.91. The quantitative estimate of drug-likeness (QED) is 0.744. The Morgan fingerprint density at radius 3 is 2.76 bits per heavy atom. The lowest BCUT2D eigenvalue weighted by molar-refractivity contribution is -0.120. The van der Waals surface area contributed by atoms with Crippen LogP contribution < -0.4 is 10.9 Å². The number of nitrogens with one attached hydrogen (secondary N) is 2. The number of fused-ring (bicyclic) bond motifs is 1. The third-order valence-corrected chi connectivity index (χ3v) is 4.54. The summed E-state index contributed by atoms with van der Waals surface area (Å²) in [5, 5.41) is 8.19. The van der Waals surface area contributed by atoms with E-state index >= 15 is 0 Å². The summed E-state index contributed by atoms with van der Waals surface area (Å²) in [6.07, 6.45) is 0.802. The van der Waals surface area contributed by atoms with Crippen LogP contribution in [0.15, 0.2) is 35.1 Å². The minimum Gasteiger partial charge on any atom is -0.355 e. The molecular formula is C19H22N4O2. The van der Waals surface area contributed by atoms with Crippen molar-refractivity contribution in [3.63, 3.8) is 0 Å². The van der Waals surface area contributed by atoms with Crippen LogP contribution in [0.4, 0.5) is 0 Å². The number of nitrogens with zero attached hydrogens (tertiary/aromatic N) is 2. The lowest BCUT2D eigenvalue weighted by atomic mass is 10.1. The number of H-pyrrole nitrogens is 1. The largest absolute Gasteiger partial charge is 0.355 e. The average Bonchev–Trinajstić information content (AvgIpc) is 2.81. The summed E-state index contributed by atoms with van der Waals surface area (Å²) < 4.78 is 1.85. The highest BCUT2D eigenvalue weighted by Gasteiger charge is 2.11. The highest BCUT2D eigenvalue weighted by molar-refractivity contribution is 5.82. The van der Waals surface area contributed by atoms with Gasteiger partial charge in [-0.3, -0.25) is 14.3 Å². The molecule has 0 bridgehead atoms. The molecule has 0 aliphatic rings. The maximum atomic E-state index is 12.2. The summed E-state index contributed by atoms with van der Waals surface area (Å²) in [5.41, 5.74) is 4.29. The molecule has 6 nitrogen and oxygen atoms in total. The minimum absolute atomic E-state index is 0.0746. The molecule has 0 saturated carbocycles. The summed E-state index contributed by atoms with van der Waals surface area (Å²) in [5.74, 6) is -0.153. The Labute approximate surface area is 145 Å². The molecule has 130 valence electrons. The van der Waals surface area contributed by atoms with Gasteiger partial charge in [0.25, 0.3) is 5.56 Å². The van der Waals surface area contributed by atoms with Crippen molar-refractivity contribution in [3.8, 4) is 0 Å². The van der Waals surface area contributed by atoms with E-state index in [1.165, 1.54) is 0 Å². The van der Waals surface area contributed by atoms with Gasteiger partial charge in [-0.1, -0.05) is 18.2 Å². The first-order chi connectivity index (χ1) is 12.0. The van der Waals surface area contributed by atoms with Crippen LogP contribution in [0.2, 0.25) is 0 Å². The highest BCUT2D eigenvalue weighted by atomic mass is 16.2. The Balaban J connectivity index is 1.63. The molecule has 3 rings (SSSR count). The van der Waals surface area contributed by atoms with Crippen molar-refractivity contribution in [1.82, 2.24) is 20.1 Å². The smallest absolute Gasteiger partial charge is 0.252 e. The van der Waals surface area contributed by atoms with Crippen LogP contribution in [-0.4, -0.2) is 27.2 Å². The van der Waals surface area contributed by atoms with Gasteiger partial charge >= 0.3 is 0 Å². The van der Waals surface area contributed by atoms with Crippen LogP contribution in [0, 0.1) is 13.8 Å². The number of pyridine rings is 1. The van der Waals surface area contributed by atoms with Gasteiger partial charge in [0, 0.05) is 30.4 Å². The van der Waals surface area contributed by atoms with Crippen molar-refractivity contribution in [2.45, 2.75) is 26.7 Å². The maximum Gasteiger partial charge on any atom is 0.252 e. The van der Waals surface area contributed by atoms with Gasteiger partial charge in [-0.25, -0.2) is 0 Å². The van der Waals surface area contributed by atoms with Gasteiger partial charge in [-0.05, 0) is 43.4 Å². The van der Waals surface area contributed by atoms with Gasteiger partial charge < -0.3 is 10.3 Å². The van der Waals surface area contributed by atoms with Crippen molar-refractivity contribution < 1.29 is 4.79 Å². The van der Waals surface area contributed by atoms with Crippen molar-refractivity contribution in [1.29, 1.82) is 0 Å². The molecule has 2 aromatic heterocycles. The van der Waals surface area contributed by atoms with Crippen LogP contribution in [0.3, 0.4) is 0 Å². The van der Waals surface area contributed by atoms with Gasteiger partial charge in [0.15, 0.2) is 0 Å². The van der Waals surface area contributed by atoms with E-state index in [-0.39, 0.29) is 17.9 Å². The molecule has 1 aromatic carbocycles. The van der Waals surface area contributed by atoms with Crippen molar-refractivity contribution in [3.05, 3.63) is 63.2 Å². The molecule has 0 aliphatic carbocycles. The van der Waals surface area contributed by atoms with Crippen molar-refractivity contribution >= 4 is 16.8 Å². The molecule has 25 heavy (non-hydrogen) atoms. The Morgan fingerprint density at radius 2 is 2.04 bits per heavy atom. The Morgan fingerprint density at radius 1 is 1.28 bits per heavy atom. The molecule has 2 N–H and O–H groups in total. The van der Waals surface area contributed by atoms with E-state index in [1.807, 2.05) is 49.8 Å². The zero-order valence-corrected chi connectivity index (χ0v) is 14.7. The van der Waals surface area contributed by atoms with E-state index in [0.29, 0.717) is 12.1 Å². The third kappa shape index (κ3) is 3.63. The number of para-hydroxylation sites is 1. The van der Waals surface area contributed by atoms with E-state index in [9.17, 15) is 9.59 Å². The number of aromatic nitrogens is 3. The molecule has 0 aliphatic heterocycles. The molecule has 2 heterocycles. The highest BCUT2D eigenvalue weighted by Crippen LogP contribution is 2.12. The number of aromatic amines is 1. The monoisotopic (exact) mass is 338 g/mol. The third-order valence-electron chi connectivity index (χ3n) is 4.54. The number of aryl methyl sites for hydroxylation is 2. The lowest BCUT2D eigenvalue weighted by Crippen LogP contribution is -2.29.